The first kappa shape index (κ1) is 6.14. The minimum atomic E-state index is 0.552. The number of hydrogen-bond donors (Lipinski definition) is 0. The molecule has 0 aromatic heterocycles. The number of nitrogens with zero attached hydrogens (tertiary/aromatic N) is 1. The first-order valence-corrected chi connectivity index (χ1v) is 3.99. The van der Waals surface area contributed by atoms with Crippen LogP contribution in [0.2, 0.25) is 0 Å². The maximum atomic E-state index is 4.25. The van der Waals surface area contributed by atoms with Crippen LogP contribution in [0.25, 0.3) is 0 Å². The molecule has 1 aliphatic rings. The van der Waals surface area contributed by atoms with E-state index in [1.807, 2.05) is 17.3 Å². The largest absolute Gasteiger partial charge is 0.283 e. The molecule has 0 aliphatic carbocycles. The van der Waals surface area contributed by atoms with Gasteiger partial charge in [-0.05, 0) is 12.8 Å². The van der Waals surface area contributed by atoms with Crippen LogP contribution in [-0.2, 0) is 0 Å². The molecule has 0 saturated carbocycles. The van der Waals surface area contributed by atoms with E-state index in [2.05, 4.69) is 18.8 Å². The summed E-state index contributed by atoms with van der Waals surface area (Å²) in [5.74, 6) is 2.01. The molecule has 1 nitrogen and oxygen atoms in total. The fourth-order valence-electron chi connectivity index (χ4n) is 0.620. The Morgan fingerprint density at radius 1 is 1.62 bits per heavy atom. The Morgan fingerprint density at radius 2 is 2.38 bits per heavy atom. The number of thioether (sulfide) groups is 1. The maximum Gasteiger partial charge on any atom is 0.0544 e. The highest BCUT2D eigenvalue weighted by Gasteiger charge is 2.12. The molecule has 0 aromatic rings. The quantitative estimate of drug-likeness (QED) is 0.485. The van der Waals surface area contributed by atoms with Crippen molar-refractivity contribution in [2.24, 2.45) is 10.9 Å². The maximum absolute atomic E-state index is 4.25. The zero-order valence-corrected chi connectivity index (χ0v) is 6.11. The van der Waals surface area contributed by atoms with Crippen molar-refractivity contribution in [2.45, 2.75) is 19.9 Å². The smallest absolute Gasteiger partial charge is 0.0544 e. The van der Waals surface area contributed by atoms with Crippen molar-refractivity contribution in [3.8, 4) is 0 Å². The monoisotopic (exact) mass is 129 g/mol. The Kier molecular flexibility index (Phi) is 1.95. The van der Waals surface area contributed by atoms with Crippen LogP contribution >= 0.6 is 11.8 Å². The molecule has 2 heteroatoms. The predicted molar refractivity (Wildman–Crippen MR) is 39.6 cm³/mol. The van der Waals surface area contributed by atoms with E-state index < -0.39 is 0 Å². The lowest BCUT2D eigenvalue weighted by Crippen LogP contribution is -2.17. The molecule has 1 heterocycles. The highest BCUT2D eigenvalue weighted by molar-refractivity contribution is 8.12. The molecule has 46 valence electrons. The third-order valence-corrected chi connectivity index (χ3v) is 2.54. The molecule has 0 unspecified atom stereocenters. The molecule has 0 saturated heterocycles. The third kappa shape index (κ3) is 1.25. The van der Waals surface area contributed by atoms with Crippen LogP contribution in [0.4, 0.5) is 0 Å². The molecule has 0 bridgehead atoms. The number of hydrogen-bond acceptors (Lipinski definition) is 2. The van der Waals surface area contributed by atoms with Gasteiger partial charge in [0.05, 0.1) is 11.6 Å². The summed E-state index contributed by atoms with van der Waals surface area (Å²) in [6.45, 7) is 4.41. The van der Waals surface area contributed by atoms with Crippen molar-refractivity contribution >= 4 is 17.3 Å². The van der Waals surface area contributed by atoms with Crippen LogP contribution in [0.1, 0.15) is 13.8 Å². The molecular weight excluding hydrogens is 118 g/mol. The Morgan fingerprint density at radius 3 is 2.75 bits per heavy atom. The molecule has 0 amide bonds. The summed E-state index contributed by atoms with van der Waals surface area (Å²) >= 11 is 1.82. The van der Waals surface area contributed by atoms with Gasteiger partial charge in [-0.2, -0.15) is 0 Å². The van der Waals surface area contributed by atoms with Crippen LogP contribution in [0, 0.1) is 5.92 Å². The van der Waals surface area contributed by atoms with Gasteiger partial charge in [0.25, 0.3) is 0 Å². The van der Waals surface area contributed by atoms with Gasteiger partial charge in [0.2, 0.25) is 0 Å². The van der Waals surface area contributed by atoms with E-state index in [0.29, 0.717) is 6.04 Å². The number of aliphatic imine (C=N–C) groups is 1. The SMILES string of the molecule is C[C@@H]1CSC=N[C@@H]1C. The second-order valence-electron chi connectivity index (χ2n) is 2.31. The zero-order chi connectivity index (χ0) is 5.98. The van der Waals surface area contributed by atoms with E-state index in [0.717, 1.165) is 5.92 Å². The molecule has 0 radical (unpaired) electrons. The summed E-state index contributed by atoms with van der Waals surface area (Å²) in [5, 5.41) is 0. The minimum Gasteiger partial charge on any atom is -0.283 e. The molecule has 2 atom stereocenters. The van der Waals surface area contributed by atoms with Crippen LogP contribution in [0.5, 0.6) is 0 Å². The van der Waals surface area contributed by atoms with E-state index >= 15 is 0 Å². The first-order valence-electron chi connectivity index (χ1n) is 2.94. The molecule has 1 aliphatic heterocycles. The van der Waals surface area contributed by atoms with E-state index in [-0.39, 0.29) is 0 Å². The van der Waals surface area contributed by atoms with Gasteiger partial charge in [-0.15, -0.1) is 11.8 Å². The van der Waals surface area contributed by atoms with E-state index in [4.69, 9.17) is 0 Å². The number of rotatable bonds is 0. The van der Waals surface area contributed by atoms with Gasteiger partial charge < -0.3 is 0 Å². The summed E-state index contributed by atoms with van der Waals surface area (Å²) in [6.07, 6.45) is 0. The van der Waals surface area contributed by atoms with Crippen molar-refractivity contribution in [3.63, 3.8) is 0 Å². The lowest BCUT2D eigenvalue weighted by Gasteiger charge is -2.17. The van der Waals surface area contributed by atoms with Gasteiger partial charge in [0.15, 0.2) is 0 Å². The van der Waals surface area contributed by atoms with Crippen molar-refractivity contribution < 1.29 is 0 Å². The average molecular weight is 129 g/mol. The second-order valence-corrected chi connectivity index (χ2v) is 3.18. The standard InChI is InChI=1S/C6H11NS/c1-5-3-8-4-7-6(5)2/h4-6H,3H2,1-2H3/t5-,6-/m1/s1. The highest BCUT2D eigenvalue weighted by atomic mass is 32.2. The fraction of sp³-hybridized carbons (Fsp3) is 0.833. The van der Waals surface area contributed by atoms with Crippen LogP contribution in [0.3, 0.4) is 0 Å². The van der Waals surface area contributed by atoms with Crippen LogP contribution < -0.4 is 0 Å². The highest BCUT2D eigenvalue weighted by Crippen LogP contribution is 2.17. The fourth-order valence-corrected chi connectivity index (χ4v) is 1.57. The summed E-state index contributed by atoms with van der Waals surface area (Å²) in [4.78, 5) is 4.25. The minimum absolute atomic E-state index is 0.552. The van der Waals surface area contributed by atoms with Gasteiger partial charge in [-0.3, -0.25) is 4.99 Å². The van der Waals surface area contributed by atoms with Crippen LogP contribution in [-0.4, -0.2) is 17.3 Å². The average Bonchev–Trinajstić information content (AvgIpc) is 1.77. The van der Waals surface area contributed by atoms with Gasteiger partial charge in [-0.25, -0.2) is 0 Å². The molecule has 0 fully saturated rings. The summed E-state index contributed by atoms with van der Waals surface area (Å²) in [7, 11) is 0. The molecule has 0 N–H and O–H groups in total. The normalized spacial score (nSPS) is 37.8. The predicted octanol–water partition coefficient (Wildman–Crippen LogP) is 1.79. The van der Waals surface area contributed by atoms with Gasteiger partial charge >= 0.3 is 0 Å². The van der Waals surface area contributed by atoms with E-state index in [1.165, 1.54) is 5.75 Å². The van der Waals surface area contributed by atoms with Gasteiger partial charge in [0.1, 0.15) is 0 Å². The first-order chi connectivity index (χ1) is 3.80. The molecule has 0 aromatic carbocycles. The van der Waals surface area contributed by atoms with Gasteiger partial charge in [-0.1, -0.05) is 6.92 Å². The topological polar surface area (TPSA) is 12.4 Å². The van der Waals surface area contributed by atoms with E-state index in [9.17, 15) is 0 Å². The third-order valence-electron chi connectivity index (χ3n) is 1.55. The van der Waals surface area contributed by atoms with Crippen molar-refractivity contribution in [1.82, 2.24) is 0 Å². The zero-order valence-electron chi connectivity index (χ0n) is 5.29. The van der Waals surface area contributed by atoms with Crippen molar-refractivity contribution in [3.05, 3.63) is 0 Å². The lowest BCUT2D eigenvalue weighted by atomic mass is 10.1. The molecular formula is C6H11NS. The van der Waals surface area contributed by atoms with E-state index in [1.54, 1.807) is 0 Å². The summed E-state index contributed by atoms with van der Waals surface area (Å²) in [6, 6.07) is 0.552. The summed E-state index contributed by atoms with van der Waals surface area (Å²) < 4.78 is 0. The van der Waals surface area contributed by atoms with Gasteiger partial charge in [0, 0.05) is 5.75 Å². The molecule has 0 spiro atoms. The van der Waals surface area contributed by atoms with Crippen molar-refractivity contribution in [1.29, 1.82) is 0 Å². The lowest BCUT2D eigenvalue weighted by molar-refractivity contribution is 0.539. The Labute approximate surface area is 54.6 Å². The molecule has 8 heavy (non-hydrogen) atoms. The second kappa shape index (κ2) is 2.53. The Hall–Kier alpha value is 0.0200. The molecule has 1 rings (SSSR count). The Balaban J connectivity index is 2.47. The van der Waals surface area contributed by atoms with Crippen molar-refractivity contribution in [2.75, 3.05) is 5.75 Å². The Bertz CT molecular complexity index is 101. The van der Waals surface area contributed by atoms with Crippen LogP contribution in [0.15, 0.2) is 4.99 Å². The summed E-state index contributed by atoms with van der Waals surface area (Å²) in [5.41, 5.74) is 1.96.